The highest BCUT2D eigenvalue weighted by atomic mass is 16.4. The number of piperidine rings is 2. The lowest BCUT2D eigenvalue weighted by Gasteiger charge is -2.38. The Kier molecular flexibility index (Phi) is 4.22. The Morgan fingerprint density at radius 2 is 2.17 bits per heavy atom. The maximum Gasteiger partial charge on any atom is 0.308 e. The SMILES string of the molecule is CN1CCCCC1CN1CC(C(=O)O)CCC1=O. The molecule has 2 atom stereocenters. The Labute approximate surface area is 108 Å². The van der Waals surface area contributed by atoms with Gasteiger partial charge in [-0.15, -0.1) is 0 Å². The number of nitrogens with zero attached hydrogens (tertiary/aromatic N) is 2. The lowest BCUT2D eigenvalue weighted by atomic mass is 9.96. The minimum absolute atomic E-state index is 0.117. The van der Waals surface area contributed by atoms with E-state index in [1.165, 1.54) is 12.8 Å². The molecule has 5 heteroatoms. The van der Waals surface area contributed by atoms with Crippen molar-refractivity contribution in [2.45, 2.75) is 38.1 Å². The first-order valence-electron chi connectivity index (χ1n) is 6.78. The van der Waals surface area contributed by atoms with Crippen LogP contribution in [0.15, 0.2) is 0 Å². The third-order valence-electron chi connectivity index (χ3n) is 4.20. The fourth-order valence-electron chi connectivity index (χ4n) is 2.92. The van der Waals surface area contributed by atoms with Gasteiger partial charge in [0.05, 0.1) is 5.92 Å². The second-order valence-corrected chi connectivity index (χ2v) is 5.50. The van der Waals surface area contributed by atoms with Gasteiger partial charge in [0, 0.05) is 25.6 Å². The van der Waals surface area contributed by atoms with E-state index in [1.54, 1.807) is 4.90 Å². The van der Waals surface area contributed by atoms with Crippen molar-refractivity contribution in [2.75, 3.05) is 26.7 Å². The molecule has 102 valence electrons. The molecule has 1 amide bonds. The molecule has 0 aromatic rings. The number of rotatable bonds is 3. The maximum absolute atomic E-state index is 11.9. The number of hydrogen-bond donors (Lipinski definition) is 1. The second-order valence-electron chi connectivity index (χ2n) is 5.50. The van der Waals surface area contributed by atoms with E-state index in [1.807, 2.05) is 0 Å². The van der Waals surface area contributed by atoms with Gasteiger partial charge in [-0.1, -0.05) is 6.42 Å². The molecule has 0 aromatic carbocycles. The van der Waals surface area contributed by atoms with Crippen molar-refractivity contribution in [3.8, 4) is 0 Å². The number of aliphatic carboxylic acids is 1. The first-order valence-corrected chi connectivity index (χ1v) is 6.78. The second kappa shape index (κ2) is 5.69. The smallest absolute Gasteiger partial charge is 0.308 e. The Hall–Kier alpha value is -1.10. The Balaban J connectivity index is 1.93. The van der Waals surface area contributed by atoms with Crippen LogP contribution in [0.4, 0.5) is 0 Å². The van der Waals surface area contributed by atoms with Crippen LogP contribution in [0, 0.1) is 5.92 Å². The standard InChI is InChI=1S/C13H22N2O3/c1-14-7-3-2-4-11(14)9-15-8-10(13(17)18)5-6-12(15)16/h10-11H,2-9H2,1H3,(H,17,18). The zero-order valence-corrected chi connectivity index (χ0v) is 11.0. The van der Waals surface area contributed by atoms with E-state index in [0.717, 1.165) is 13.0 Å². The van der Waals surface area contributed by atoms with Crippen molar-refractivity contribution < 1.29 is 14.7 Å². The molecule has 0 aliphatic carbocycles. The molecule has 0 bridgehead atoms. The van der Waals surface area contributed by atoms with Crippen LogP contribution in [0.25, 0.3) is 0 Å². The lowest BCUT2D eigenvalue weighted by molar-refractivity contribution is -0.147. The molecule has 2 saturated heterocycles. The summed E-state index contributed by atoms with van der Waals surface area (Å²) in [5.74, 6) is -1.03. The fraction of sp³-hybridized carbons (Fsp3) is 0.846. The predicted molar refractivity (Wildman–Crippen MR) is 67.2 cm³/mol. The van der Waals surface area contributed by atoms with Crippen LogP contribution in [-0.2, 0) is 9.59 Å². The topological polar surface area (TPSA) is 60.9 Å². The van der Waals surface area contributed by atoms with Gasteiger partial charge < -0.3 is 14.9 Å². The van der Waals surface area contributed by atoms with Gasteiger partial charge in [0.25, 0.3) is 0 Å². The average molecular weight is 254 g/mol. The van der Waals surface area contributed by atoms with Crippen LogP contribution in [-0.4, -0.2) is 59.5 Å². The molecule has 2 fully saturated rings. The highest BCUT2D eigenvalue weighted by Crippen LogP contribution is 2.21. The largest absolute Gasteiger partial charge is 0.481 e. The van der Waals surface area contributed by atoms with Gasteiger partial charge in [0.2, 0.25) is 5.91 Å². The number of carbonyl (C=O) groups excluding carboxylic acids is 1. The van der Waals surface area contributed by atoms with E-state index in [2.05, 4.69) is 11.9 Å². The number of likely N-dealkylation sites (tertiary alicyclic amines) is 2. The number of likely N-dealkylation sites (N-methyl/N-ethyl adjacent to an activating group) is 1. The summed E-state index contributed by atoms with van der Waals surface area (Å²) in [6, 6.07) is 0.398. The van der Waals surface area contributed by atoms with E-state index in [4.69, 9.17) is 5.11 Å². The van der Waals surface area contributed by atoms with E-state index < -0.39 is 5.97 Å². The predicted octanol–water partition coefficient (Wildman–Crippen LogP) is 0.794. The molecule has 2 aliphatic heterocycles. The molecule has 2 heterocycles. The summed E-state index contributed by atoms with van der Waals surface area (Å²) in [4.78, 5) is 26.9. The first-order chi connectivity index (χ1) is 8.58. The van der Waals surface area contributed by atoms with E-state index in [-0.39, 0.29) is 11.8 Å². The van der Waals surface area contributed by atoms with Gasteiger partial charge in [0.15, 0.2) is 0 Å². The quantitative estimate of drug-likeness (QED) is 0.809. The fourth-order valence-corrected chi connectivity index (χ4v) is 2.92. The van der Waals surface area contributed by atoms with E-state index in [9.17, 15) is 9.59 Å². The molecule has 0 aromatic heterocycles. The number of amides is 1. The Bertz CT molecular complexity index is 332. The third-order valence-corrected chi connectivity index (χ3v) is 4.20. The summed E-state index contributed by atoms with van der Waals surface area (Å²) in [6.45, 7) is 2.16. The highest BCUT2D eigenvalue weighted by molar-refractivity contribution is 5.80. The third kappa shape index (κ3) is 3.02. The molecular weight excluding hydrogens is 232 g/mol. The average Bonchev–Trinajstić information content (AvgIpc) is 2.34. The summed E-state index contributed by atoms with van der Waals surface area (Å²) >= 11 is 0. The van der Waals surface area contributed by atoms with Crippen molar-refractivity contribution in [3.63, 3.8) is 0 Å². The van der Waals surface area contributed by atoms with Gasteiger partial charge in [-0.2, -0.15) is 0 Å². The summed E-state index contributed by atoms with van der Waals surface area (Å²) < 4.78 is 0. The summed E-state index contributed by atoms with van der Waals surface area (Å²) in [5, 5.41) is 9.05. The summed E-state index contributed by atoms with van der Waals surface area (Å²) in [7, 11) is 2.09. The van der Waals surface area contributed by atoms with Crippen LogP contribution >= 0.6 is 0 Å². The zero-order chi connectivity index (χ0) is 13.1. The van der Waals surface area contributed by atoms with E-state index >= 15 is 0 Å². The van der Waals surface area contributed by atoms with Crippen LogP contribution in [0.1, 0.15) is 32.1 Å². The van der Waals surface area contributed by atoms with Gasteiger partial charge in [-0.05, 0) is 32.9 Å². The van der Waals surface area contributed by atoms with Gasteiger partial charge in [-0.3, -0.25) is 9.59 Å². The Morgan fingerprint density at radius 1 is 1.39 bits per heavy atom. The number of carboxylic acid groups (broad SMARTS) is 1. The Morgan fingerprint density at radius 3 is 2.83 bits per heavy atom. The molecule has 0 saturated carbocycles. The van der Waals surface area contributed by atoms with Crippen LogP contribution in [0.2, 0.25) is 0 Å². The van der Waals surface area contributed by atoms with Gasteiger partial charge >= 0.3 is 5.97 Å². The zero-order valence-electron chi connectivity index (χ0n) is 11.0. The monoisotopic (exact) mass is 254 g/mol. The molecule has 5 nitrogen and oxygen atoms in total. The molecule has 0 spiro atoms. The molecule has 0 radical (unpaired) electrons. The highest BCUT2D eigenvalue weighted by Gasteiger charge is 2.32. The van der Waals surface area contributed by atoms with Crippen LogP contribution in [0.5, 0.6) is 0 Å². The summed E-state index contributed by atoms with van der Waals surface area (Å²) in [6.07, 6.45) is 4.41. The van der Waals surface area contributed by atoms with Crippen molar-refractivity contribution in [1.29, 1.82) is 0 Å². The van der Waals surface area contributed by atoms with Crippen molar-refractivity contribution in [2.24, 2.45) is 5.92 Å². The van der Waals surface area contributed by atoms with Crippen molar-refractivity contribution in [3.05, 3.63) is 0 Å². The maximum atomic E-state index is 11.9. The minimum atomic E-state index is -0.774. The van der Waals surface area contributed by atoms with Crippen molar-refractivity contribution >= 4 is 11.9 Å². The molecule has 18 heavy (non-hydrogen) atoms. The van der Waals surface area contributed by atoms with E-state index in [0.29, 0.717) is 32.0 Å². The molecular formula is C13H22N2O3. The number of carboxylic acids is 1. The molecule has 1 N–H and O–H groups in total. The minimum Gasteiger partial charge on any atom is -0.481 e. The molecule has 2 aliphatic rings. The first kappa shape index (κ1) is 13.3. The molecule has 2 rings (SSSR count). The van der Waals surface area contributed by atoms with Crippen LogP contribution < -0.4 is 0 Å². The summed E-state index contributed by atoms with van der Waals surface area (Å²) in [5.41, 5.74) is 0. The molecule has 2 unspecified atom stereocenters. The number of hydrogen-bond acceptors (Lipinski definition) is 3. The lowest BCUT2D eigenvalue weighted by Crippen LogP contribution is -2.50. The van der Waals surface area contributed by atoms with Crippen molar-refractivity contribution in [1.82, 2.24) is 9.80 Å². The normalized spacial score (nSPS) is 30.5. The van der Waals surface area contributed by atoms with Gasteiger partial charge in [0.1, 0.15) is 0 Å². The van der Waals surface area contributed by atoms with Crippen LogP contribution in [0.3, 0.4) is 0 Å². The number of carbonyl (C=O) groups is 2. The van der Waals surface area contributed by atoms with Gasteiger partial charge in [-0.25, -0.2) is 0 Å².